The lowest BCUT2D eigenvalue weighted by molar-refractivity contribution is -0.123. The summed E-state index contributed by atoms with van der Waals surface area (Å²) in [6.45, 7) is 9.00. The molecule has 1 fully saturated rings. The van der Waals surface area contributed by atoms with Gasteiger partial charge in [-0.15, -0.1) is 0 Å². The summed E-state index contributed by atoms with van der Waals surface area (Å²) in [5, 5.41) is 3.07. The van der Waals surface area contributed by atoms with Gasteiger partial charge in [-0.25, -0.2) is 0 Å². The third-order valence-corrected chi connectivity index (χ3v) is 5.45. The fraction of sp³-hybridized carbons (Fsp3) is 0.435. The van der Waals surface area contributed by atoms with Crippen LogP contribution in [0.4, 0.5) is 0 Å². The van der Waals surface area contributed by atoms with Crippen molar-refractivity contribution in [3.05, 3.63) is 64.7 Å². The van der Waals surface area contributed by atoms with Gasteiger partial charge in [-0.3, -0.25) is 9.69 Å². The summed E-state index contributed by atoms with van der Waals surface area (Å²) in [4.78, 5) is 14.8. The molecule has 1 N–H and O–H groups in total. The number of hydrogen-bond acceptors (Lipinski definition) is 3. The molecule has 27 heavy (non-hydrogen) atoms. The lowest BCUT2D eigenvalue weighted by Gasteiger charge is -2.28. The predicted octanol–water partition coefficient (Wildman–Crippen LogP) is 3.94. The highest BCUT2D eigenvalue weighted by atomic mass is 16.5. The van der Waals surface area contributed by atoms with E-state index in [4.69, 9.17) is 4.74 Å². The zero-order valence-electron chi connectivity index (χ0n) is 16.6. The second kappa shape index (κ2) is 9.05. The Hall–Kier alpha value is -2.33. The standard InChI is InChI=1S/C23H30N2O2/c1-17-9-11-20(12-10-17)21(25-13-4-5-14-25)15-24-23(26)16-27-22-8-6-7-18(2)19(22)3/h6-12,21H,4-5,13-16H2,1-3H3,(H,24,26)/t21-/m1/s1. The van der Waals surface area contributed by atoms with Crippen LogP contribution in [0.1, 0.15) is 41.1 Å². The maximum atomic E-state index is 12.4. The summed E-state index contributed by atoms with van der Waals surface area (Å²) in [6, 6.07) is 14.8. The Bertz CT molecular complexity index is 764. The van der Waals surface area contributed by atoms with Crippen LogP contribution >= 0.6 is 0 Å². The predicted molar refractivity (Wildman–Crippen MR) is 109 cm³/mol. The topological polar surface area (TPSA) is 41.6 Å². The number of hydrogen-bond donors (Lipinski definition) is 1. The lowest BCUT2D eigenvalue weighted by atomic mass is 10.0. The smallest absolute Gasteiger partial charge is 0.258 e. The minimum Gasteiger partial charge on any atom is -0.483 e. The number of likely N-dealkylation sites (tertiary alicyclic amines) is 1. The van der Waals surface area contributed by atoms with Crippen molar-refractivity contribution in [1.82, 2.24) is 10.2 Å². The van der Waals surface area contributed by atoms with Crippen LogP contribution in [0.3, 0.4) is 0 Å². The fourth-order valence-corrected chi connectivity index (χ4v) is 3.59. The van der Waals surface area contributed by atoms with Crippen molar-refractivity contribution in [3.63, 3.8) is 0 Å². The molecule has 0 aromatic heterocycles. The first-order chi connectivity index (χ1) is 13.0. The minimum atomic E-state index is -0.0767. The minimum absolute atomic E-state index is 0.0465. The Kier molecular flexibility index (Phi) is 6.51. The normalized spacial score (nSPS) is 15.5. The van der Waals surface area contributed by atoms with Crippen molar-refractivity contribution >= 4 is 5.91 Å². The number of aryl methyl sites for hydroxylation is 2. The molecule has 1 saturated heterocycles. The number of ether oxygens (including phenoxy) is 1. The number of nitrogens with one attached hydrogen (secondary N) is 1. The molecule has 0 unspecified atom stereocenters. The van der Waals surface area contributed by atoms with Gasteiger partial charge in [0.25, 0.3) is 5.91 Å². The Morgan fingerprint density at radius 1 is 1.07 bits per heavy atom. The monoisotopic (exact) mass is 366 g/mol. The average Bonchev–Trinajstić information content (AvgIpc) is 3.19. The molecule has 0 saturated carbocycles. The van der Waals surface area contributed by atoms with E-state index in [-0.39, 0.29) is 18.6 Å². The van der Waals surface area contributed by atoms with Crippen LogP contribution in [0.5, 0.6) is 5.75 Å². The van der Waals surface area contributed by atoms with Gasteiger partial charge < -0.3 is 10.1 Å². The molecule has 4 heteroatoms. The van der Waals surface area contributed by atoms with Gasteiger partial charge in [-0.05, 0) is 69.5 Å². The summed E-state index contributed by atoms with van der Waals surface area (Å²) in [5.41, 5.74) is 4.77. The Labute approximate surface area is 162 Å². The van der Waals surface area contributed by atoms with Crippen molar-refractivity contribution in [2.24, 2.45) is 0 Å². The molecule has 4 nitrogen and oxygen atoms in total. The van der Waals surface area contributed by atoms with Crippen LogP contribution in [-0.4, -0.2) is 37.0 Å². The molecule has 2 aromatic carbocycles. The Balaban J connectivity index is 1.58. The van der Waals surface area contributed by atoms with E-state index in [1.165, 1.54) is 29.5 Å². The highest BCUT2D eigenvalue weighted by Gasteiger charge is 2.24. The van der Waals surface area contributed by atoms with Gasteiger partial charge in [0.2, 0.25) is 0 Å². The third-order valence-electron chi connectivity index (χ3n) is 5.45. The van der Waals surface area contributed by atoms with E-state index < -0.39 is 0 Å². The van der Waals surface area contributed by atoms with Crippen molar-refractivity contribution in [1.29, 1.82) is 0 Å². The molecule has 0 bridgehead atoms. The zero-order valence-corrected chi connectivity index (χ0v) is 16.6. The molecule has 1 aliphatic heterocycles. The number of carbonyl (C=O) groups excluding carboxylic acids is 1. The number of benzene rings is 2. The largest absolute Gasteiger partial charge is 0.483 e. The number of amides is 1. The third kappa shape index (κ3) is 5.10. The van der Waals surface area contributed by atoms with Crippen molar-refractivity contribution in [3.8, 4) is 5.75 Å². The van der Waals surface area contributed by atoms with Gasteiger partial charge in [-0.1, -0.05) is 42.0 Å². The van der Waals surface area contributed by atoms with Crippen molar-refractivity contribution in [2.75, 3.05) is 26.2 Å². The van der Waals surface area contributed by atoms with Crippen LogP contribution in [0.25, 0.3) is 0 Å². The summed E-state index contributed by atoms with van der Waals surface area (Å²) in [6.07, 6.45) is 2.46. The molecule has 3 rings (SSSR count). The highest BCUT2D eigenvalue weighted by Crippen LogP contribution is 2.25. The van der Waals surface area contributed by atoms with Crippen LogP contribution in [0.15, 0.2) is 42.5 Å². The molecular formula is C23H30N2O2. The van der Waals surface area contributed by atoms with Gasteiger partial charge in [0.15, 0.2) is 6.61 Å². The maximum absolute atomic E-state index is 12.4. The van der Waals surface area contributed by atoms with Gasteiger partial charge in [0, 0.05) is 6.54 Å². The first-order valence-electron chi connectivity index (χ1n) is 9.81. The maximum Gasteiger partial charge on any atom is 0.258 e. The van der Waals surface area contributed by atoms with Gasteiger partial charge >= 0.3 is 0 Å². The van der Waals surface area contributed by atoms with E-state index in [9.17, 15) is 4.79 Å². The second-order valence-corrected chi connectivity index (χ2v) is 7.46. The zero-order chi connectivity index (χ0) is 19.2. The van der Waals surface area contributed by atoms with Crippen LogP contribution < -0.4 is 10.1 Å². The van der Waals surface area contributed by atoms with Gasteiger partial charge in [0.1, 0.15) is 5.75 Å². The molecular weight excluding hydrogens is 336 g/mol. The van der Waals surface area contributed by atoms with E-state index in [2.05, 4.69) is 41.4 Å². The Morgan fingerprint density at radius 2 is 1.78 bits per heavy atom. The van der Waals surface area contributed by atoms with Gasteiger partial charge in [0.05, 0.1) is 6.04 Å². The van der Waals surface area contributed by atoms with Crippen molar-refractivity contribution < 1.29 is 9.53 Å². The number of carbonyl (C=O) groups is 1. The molecule has 1 atom stereocenters. The number of rotatable bonds is 7. The SMILES string of the molecule is Cc1ccc([C@@H](CNC(=O)COc2cccc(C)c2C)N2CCCC2)cc1. The van der Waals surface area contributed by atoms with Crippen LogP contribution in [-0.2, 0) is 4.79 Å². The Morgan fingerprint density at radius 3 is 2.48 bits per heavy atom. The second-order valence-electron chi connectivity index (χ2n) is 7.46. The number of nitrogens with zero attached hydrogens (tertiary/aromatic N) is 1. The van der Waals surface area contributed by atoms with Crippen LogP contribution in [0, 0.1) is 20.8 Å². The average molecular weight is 367 g/mol. The molecule has 144 valence electrons. The molecule has 0 spiro atoms. The quantitative estimate of drug-likeness (QED) is 0.807. The van der Waals surface area contributed by atoms with E-state index in [1.807, 2.05) is 32.0 Å². The first kappa shape index (κ1) is 19.4. The summed E-state index contributed by atoms with van der Waals surface area (Å²) >= 11 is 0. The highest BCUT2D eigenvalue weighted by molar-refractivity contribution is 5.77. The summed E-state index contributed by atoms with van der Waals surface area (Å²) < 4.78 is 5.73. The first-order valence-corrected chi connectivity index (χ1v) is 9.81. The van der Waals surface area contributed by atoms with E-state index in [1.54, 1.807) is 0 Å². The lowest BCUT2D eigenvalue weighted by Crippen LogP contribution is -2.38. The van der Waals surface area contributed by atoms with Crippen LogP contribution in [0.2, 0.25) is 0 Å². The van der Waals surface area contributed by atoms with Gasteiger partial charge in [-0.2, -0.15) is 0 Å². The summed E-state index contributed by atoms with van der Waals surface area (Å²) in [7, 11) is 0. The van der Waals surface area contributed by atoms with E-state index >= 15 is 0 Å². The van der Waals surface area contributed by atoms with E-state index in [0.29, 0.717) is 6.54 Å². The molecule has 0 aliphatic carbocycles. The molecule has 1 amide bonds. The van der Waals surface area contributed by atoms with E-state index in [0.717, 1.165) is 24.4 Å². The fourth-order valence-electron chi connectivity index (χ4n) is 3.59. The molecule has 1 aliphatic rings. The molecule has 0 radical (unpaired) electrons. The van der Waals surface area contributed by atoms with Crippen molar-refractivity contribution in [2.45, 2.75) is 39.7 Å². The summed E-state index contributed by atoms with van der Waals surface area (Å²) in [5.74, 6) is 0.701. The molecule has 2 aromatic rings. The molecule has 1 heterocycles.